The first-order valence-electron chi connectivity index (χ1n) is 6.61. The molecule has 20 heavy (non-hydrogen) atoms. The third kappa shape index (κ3) is 4.35. The number of amides is 1. The minimum Gasteiger partial charge on any atom is -0.259 e. The van der Waals surface area contributed by atoms with Gasteiger partial charge in [-0.15, -0.1) is 0 Å². The van der Waals surface area contributed by atoms with Crippen LogP contribution in [0.15, 0.2) is 53.8 Å². The van der Waals surface area contributed by atoms with Gasteiger partial charge >= 0.3 is 5.24 Å². The van der Waals surface area contributed by atoms with Crippen LogP contribution in [0.3, 0.4) is 0 Å². The summed E-state index contributed by atoms with van der Waals surface area (Å²) in [6.07, 6.45) is 5.53. The third-order valence-corrected chi connectivity index (χ3v) is 3.50. The van der Waals surface area contributed by atoms with Crippen molar-refractivity contribution in [1.29, 1.82) is 0 Å². The molecule has 0 fully saturated rings. The second-order valence-corrected chi connectivity index (χ2v) is 5.29. The summed E-state index contributed by atoms with van der Waals surface area (Å²) in [5.74, 6) is 0.823. The van der Waals surface area contributed by atoms with Gasteiger partial charge in [0.25, 0.3) is 0 Å². The molecule has 0 N–H and O–H groups in total. The Bertz CT molecular complexity index is 602. The fourth-order valence-electron chi connectivity index (χ4n) is 1.59. The summed E-state index contributed by atoms with van der Waals surface area (Å²) in [4.78, 5) is 15.6. The molecule has 0 radical (unpaired) electrons. The zero-order valence-electron chi connectivity index (χ0n) is 11.4. The van der Waals surface area contributed by atoms with Crippen LogP contribution in [0, 0.1) is 0 Å². The zero-order valence-corrected chi connectivity index (χ0v) is 12.2. The van der Waals surface area contributed by atoms with E-state index in [1.54, 1.807) is 23.1 Å². The van der Waals surface area contributed by atoms with Gasteiger partial charge in [-0.25, -0.2) is 9.67 Å². The maximum Gasteiger partial charge on any atom is 0.305 e. The molecular weight excluding hydrogens is 270 g/mol. The van der Waals surface area contributed by atoms with E-state index in [4.69, 9.17) is 0 Å². The summed E-state index contributed by atoms with van der Waals surface area (Å²) in [7, 11) is 0. The lowest BCUT2D eigenvalue weighted by Crippen LogP contribution is -2.09. The molecule has 104 valence electrons. The van der Waals surface area contributed by atoms with E-state index in [0.29, 0.717) is 5.36 Å². The molecule has 1 aromatic carbocycles. The number of hydrogen-bond acceptors (Lipinski definition) is 3. The fourth-order valence-corrected chi connectivity index (χ4v) is 2.37. The number of para-hydroxylation sites is 1. The fraction of sp³-hybridized carbons (Fsp3) is 0.267. The molecular formula is C15H17N3OS. The molecule has 0 bridgehead atoms. The largest absolute Gasteiger partial charge is 0.305 e. The minimum absolute atomic E-state index is 0.155. The Morgan fingerprint density at radius 1 is 1.30 bits per heavy atom. The van der Waals surface area contributed by atoms with Gasteiger partial charge in [-0.3, -0.25) is 4.79 Å². The van der Waals surface area contributed by atoms with Crippen molar-refractivity contribution in [3.05, 3.63) is 54.1 Å². The molecule has 2 rings (SSSR count). The molecule has 1 amide bonds. The summed E-state index contributed by atoms with van der Waals surface area (Å²) in [5.41, 5.74) is 0.975. The third-order valence-electron chi connectivity index (χ3n) is 2.67. The molecule has 0 aliphatic carbocycles. The highest BCUT2D eigenvalue weighted by Gasteiger charge is 1.99. The van der Waals surface area contributed by atoms with Crippen LogP contribution in [0.25, 0.3) is 5.69 Å². The molecule has 0 unspecified atom stereocenters. The monoisotopic (exact) mass is 287 g/mol. The van der Waals surface area contributed by atoms with Crippen molar-refractivity contribution < 1.29 is 4.79 Å². The normalized spacial score (nSPS) is 11.6. The number of carbonyl (C=O) groups excluding carboxylic acids is 1. The molecule has 4 nitrogen and oxygen atoms in total. The summed E-state index contributed by atoms with van der Waals surface area (Å²) in [6.45, 7) is 2.10. The van der Waals surface area contributed by atoms with Gasteiger partial charge in [-0.05, 0) is 24.6 Å². The quantitative estimate of drug-likeness (QED) is 0.809. The minimum atomic E-state index is -0.155. The number of benzene rings is 1. The maximum atomic E-state index is 11.6. The first-order chi connectivity index (χ1) is 9.79. The Morgan fingerprint density at radius 3 is 2.75 bits per heavy atom. The topological polar surface area (TPSA) is 47.2 Å². The second-order valence-electron chi connectivity index (χ2n) is 4.25. The van der Waals surface area contributed by atoms with Crippen LogP contribution in [-0.4, -0.2) is 20.8 Å². The number of rotatable bonds is 4. The number of thioether (sulfide) groups is 1. The Labute approximate surface area is 122 Å². The lowest BCUT2D eigenvalue weighted by atomic mass is 10.3. The average Bonchev–Trinajstić information content (AvgIpc) is 2.49. The van der Waals surface area contributed by atoms with Crippen LogP contribution in [0.5, 0.6) is 0 Å². The summed E-state index contributed by atoms with van der Waals surface area (Å²) in [5, 5.41) is 4.69. The Morgan fingerprint density at radius 2 is 2.10 bits per heavy atom. The van der Waals surface area contributed by atoms with Crippen molar-refractivity contribution in [3.8, 4) is 5.69 Å². The summed E-state index contributed by atoms with van der Waals surface area (Å²) >= 11 is 1.26. The lowest BCUT2D eigenvalue weighted by Gasteiger charge is -2.03. The highest BCUT2D eigenvalue weighted by Crippen LogP contribution is 2.07. The Hall–Kier alpha value is -1.88. The average molecular weight is 287 g/mol. The zero-order chi connectivity index (χ0) is 14.2. The van der Waals surface area contributed by atoms with Crippen molar-refractivity contribution in [2.75, 3.05) is 5.75 Å². The van der Waals surface area contributed by atoms with Crippen molar-refractivity contribution in [3.63, 3.8) is 0 Å². The number of aromatic nitrogens is 2. The van der Waals surface area contributed by atoms with Crippen LogP contribution in [0.1, 0.15) is 19.8 Å². The maximum absolute atomic E-state index is 11.6. The van der Waals surface area contributed by atoms with Gasteiger partial charge in [0.1, 0.15) is 0 Å². The van der Waals surface area contributed by atoms with E-state index in [2.05, 4.69) is 17.0 Å². The predicted molar refractivity (Wildman–Crippen MR) is 81.9 cm³/mol. The van der Waals surface area contributed by atoms with E-state index >= 15 is 0 Å². The summed E-state index contributed by atoms with van der Waals surface area (Å²) < 4.78 is 1.74. The van der Waals surface area contributed by atoms with Gasteiger partial charge in [0, 0.05) is 11.9 Å². The molecule has 0 saturated heterocycles. The molecule has 0 aliphatic rings. The van der Waals surface area contributed by atoms with Crippen molar-refractivity contribution in [2.45, 2.75) is 19.8 Å². The van der Waals surface area contributed by atoms with Gasteiger partial charge in [0.15, 0.2) is 0 Å². The molecule has 0 saturated carbocycles. The second kappa shape index (κ2) is 7.65. The van der Waals surface area contributed by atoms with E-state index in [1.165, 1.54) is 11.8 Å². The van der Waals surface area contributed by atoms with Crippen LogP contribution in [-0.2, 0) is 0 Å². The van der Waals surface area contributed by atoms with Gasteiger partial charge in [0.2, 0.25) is 0 Å². The van der Waals surface area contributed by atoms with Crippen molar-refractivity contribution in [2.24, 2.45) is 4.99 Å². The first-order valence-corrected chi connectivity index (χ1v) is 7.60. The number of hydrogen-bond donors (Lipinski definition) is 0. The van der Waals surface area contributed by atoms with E-state index < -0.39 is 0 Å². The van der Waals surface area contributed by atoms with Gasteiger partial charge < -0.3 is 0 Å². The molecule has 0 spiro atoms. The van der Waals surface area contributed by atoms with Crippen LogP contribution in [0.2, 0.25) is 0 Å². The van der Waals surface area contributed by atoms with E-state index in [0.717, 1.165) is 24.3 Å². The van der Waals surface area contributed by atoms with Crippen molar-refractivity contribution in [1.82, 2.24) is 9.78 Å². The Balaban J connectivity index is 2.06. The predicted octanol–water partition coefficient (Wildman–Crippen LogP) is 3.43. The molecule has 2 aromatic rings. The van der Waals surface area contributed by atoms with Gasteiger partial charge in [-0.1, -0.05) is 43.3 Å². The summed E-state index contributed by atoms with van der Waals surface area (Å²) in [6, 6.07) is 11.6. The standard InChI is InChI=1S/C15H17N3OS/c1-2-3-11-20-15(19)17-13-9-10-18(16-12-13)14-7-5-4-6-8-14/h4-10,12H,2-3,11H2,1H3. The molecule has 1 aromatic heterocycles. The van der Waals surface area contributed by atoms with Crippen molar-refractivity contribution >= 4 is 17.0 Å². The molecule has 0 aliphatic heterocycles. The number of unbranched alkanes of at least 4 members (excludes halogenated alkanes) is 1. The van der Waals surface area contributed by atoms with E-state index in [9.17, 15) is 4.79 Å². The molecule has 0 atom stereocenters. The molecule has 5 heteroatoms. The van der Waals surface area contributed by atoms with Crippen LogP contribution >= 0.6 is 11.8 Å². The highest BCUT2D eigenvalue weighted by atomic mass is 32.2. The smallest absolute Gasteiger partial charge is 0.259 e. The highest BCUT2D eigenvalue weighted by molar-refractivity contribution is 8.13. The van der Waals surface area contributed by atoms with Gasteiger partial charge in [-0.2, -0.15) is 5.10 Å². The number of nitrogens with zero attached hydrogens (tertiary/aromatic N) is 3. The van der Waals surface area contributed by atoms with E-state index in [1.807, 2.05) is 30.3 Å². The van der Waals surface area contributed by atoms with Gasteiger partial charge in [0.05, 0.1) is 17.2 Å². The van der Waals surface area contributed by atoms with E-state index in [-0.39, 0.29) is 5.24 Å². The first kappa shape index (κ1) is 14.5. The van der Waals surface area contributed by atoms with Crippen LogP contribution < -0.4 is 5.36 Å². The van der Waals surface area contributed by atoms with Crippen LogP contribution in [0.4, 0.5) is 4.79 Å². The SMILES string of the molecule is CCCCSC(=O)N=c1ccn(-c2ccccc2)nc1. The Kier molecular flexibility index (Phi) is 5.55. The lowest BCUT2D eigenvalue weighted by molar-refractivity contribution is 0.267. The molecule has 1 heterocycles. The number of carbonyl (C=O) groups is 1.